The molecule has 1 unspecified atom stereocenters. The average molecular weight is 358 g/mol. The molecular formula is C18H15FN2O3S. The van der Waals surface area contributed by atoms with Crippen LogP contribution in [0.5, 0.6) is 0 Å². The van der Waals surface area contributed by atoms with Crippen LogP contribution >= 0.6 is 0 Å². The molecule has 0 spiro atoms. The number of hydrogen-bond donors (Lipinski definition) is 1. The molecule has 3 aromatic rings. The van der Waals surface area contributed by atoms with E-state index in [4.69, 9.17) is 4.52 Å². The summed E-state index contributed by atoms with van der Waals surface area (Å²) in [6.07, 6.45) is 0. The Kier molecular flexibility index (Phi) is 5.04. The van der Waals surface area contributed by atoms with Crippen molar-refractivity contribution in [3.8, 4) is 11.3 Å². The third-order valence-corrected chi connectivity index (χ3v) is 4.89. The van der Waals surface area contributed by atoms with E-state index in [0.29, 0.717) is 27.7 Å². The van der Waals surface area contributed by atoms with Crippen molar-refractivity contribution in [2.24, 2.45) is 0 Å². The largest absolute Gasteiger partial charge is 0.355 e. The Morgan fingerprint density at radius 2 is 1.92 bits per heavy atom. The lowest BCUT2D eigenvalue weighted by Gasteiger charge is -2.08. The molecule has 0 aliphatic carbocycles. The van der Waals surface area contributed by atoms with E-state index in [9.17, 15) is 13.4 Å². The van der Waals surface area contributed by atoms with E-state index in [1.54, 1.807) is 31.2 Å². The summed E-state index contributed by atoms with van der Waals surface area (Å²) in [5.74, 6) is -0.0269. The van der Waals surface area contributed by atoms with Crippen LogP contribution in [0.15, 0.2) is 64.0 Å². The van der Waals surface area contributed by atoms with Gasteiger partial charge in [-0.05, 0) is 36.4 Å². The molecule has 25 heavy (non-hydrogen) atoms. The van der Waals surface area contributed by atoms with Crippen molar-refractivity contribution >= 4 is 22.4 Å². The molecule has 0 saturated heterocycles. The number of nitrogens with one attached hydrogen (secondary N) is 1. The van der Waals surface area contributed by atoms with Crippen molar-refractivity contribution in [3.63, 3.8) is 0 Å². The third-order valence-electron chi connectivity index (χ3n) is 3.51. The minimum absolute atomic E-state index is 0.0800. The Bertz CT molecular complexity index is 922. The van der Waals surface area contributed by atoms with Gasteiger partial charge in [0.05, 0.1) is 21.4 Å². The normalized spacial score (nSPS) is 11.9. The number of anilines is 1. The molecule has 5 nitrogen and oxygen atoms in total. The fourth-order valence-electron chi connectivity index (χ4n) is 2.24. The SMILES string of the molecule is CCS(=O)c1ccccc1NC(=O)c1cc(-c2ccc(F)cc2)on1. The number of carbonyl (C=O) groups excluding carboxylic acids is 1. The van der Waals surface area contributed by atoms with E-state index >= 15 is 0 Å². The summed E-state index contributed by atoms with van der Waals surface area (Å²) in [6, 6.07) is 14.1. The van der Waals surface area contributed by atoms with E-state index in [0.717, 1.165) is 0 Å². The maximum absolute atomic E-state index is 13.0. The van der Waals surface area contributed by atoms with Crippen molar-refractivity contribution in [3.05, 3.63) is 66.1 Å². The van der Waals surface area contributed by atoms with Gasteiger partial charge in [0.15, 0.2) is 11.5 Å². The molecule has 0 saturated carbocycles. The van der Waals surface area contributed by atoms with Gasteiger partial charge in [-0.25, -0.2) is 4.39 Å². The minimum atomic E-state index is -1.20. The predicted octanol–water partition coefficient (Wildman–Crippen LogP) is 3.86. The number of para-hydroxylation sites is 1. The van der Waals surface area contributed by atoms with Crippen molar-refractivity contribution < 1.29 is 17.9 Å². The fourth-order valence-corrected chi connectivity index (χ4v) is 3.15. The highest BCUT2D eigenvalue weighted by molar-refractivity contribution is 7.85. The van der Waals surface area contributed by atoms with Crippen LogP contribution in [-0.4, -0.2) is 21.0 Å². The van der Waals surface area contributed by atoms with Crippen molar-refractivity contribution in [1.29, 1.82) is 0 Å². The molecule has 0 radical (unpaired) electrons. The Hall–Kier alpha value is -2.80. The lowest BCUT2D eigenvalue weighted by atomic mass is 10.1. The van der Waals surface area contributed by atoms with Gasteiger partial charge in [-0.15, -0.1) is 0 Å². The zero-order chi connectivity index (χ0) is 17.8. The molecule has 1 atom stereocenters. The first-order valence-electron chi connectivity index (χ1n) is 7.60. The highest BCUT2D eigenvalue weighted by Crippen LogP contribution is 2.23. The second-order valence-electron chi connectivity index (χ2n) is 5.17. The van der Waals surface area contributed by atoms with E-state index < -0.39 is 16.7 Å². The van der Waals surface area contributed by atoms with Gasteiger partial charge in [-0.2, -0.15) is 0 Å². The van der Waals surface area contributed by atoms with Gasteiger partial charge in [0.1, 0.15) is 5.82 Å². The lowest BCUT2D eigenvalue weighted by Crippen LogP contribution is -2.14. The van der Waals surface area contributed by atoms with Crippen LogP contribution in [0.4, 0.5) is 10.1 Å². The molecule has 0 fully saturated rings. The second kappa shape index (κ2) is 7.40. The summed E-state index contributed by atoms with van der Waals surface area (Å²) >= 11 is 0. The Morgan fingerprint density at radius 1 is 1.20 bits per heavy atom. The second-order valence-corrected chi connectivity index (χ2v) is 6.88. The predicted molar refractivity (Wildman–Crippen MR) is 93.2 cm³/mol. The quantitative estimate of drug-likeness (QED) is 0.752. The molecule has 0 aliphatic rings. The van der Waals surface area contributed by atoms with Gasteiger partial charge in [0, 0.05) is 17.4 Å². The van der Waals surface area contributed by atoms with Crippen LogP contribution < -0.4 is 5.32 Å². The molecular weight excluding hydrogens is 343 g/mol. The van der Waals surface area contributed by atoms with Gasteiger partial charge in [-0.3, -0.25) is 9.00 Å². The zero-order valence-corrected chi connectivity index (χ0v) is 14.2. The van der Waals surface area contributed by atoms with E-state index in [-0.39, 0.29) is 11.5 Å². The van der Waals surface area contributed by atoms with Gasteiger partial charge in [0.2, 0.25) is 0 Å². The molecule has 1 N–H and O–H groups in total. The first-order valence-corrected chi connectivity index (χ1v) is 8.91. The van der Waals surface area contributed by atoms with E-state index in [2.05, 4.69) is 10.5 Å². The van der Waals surface area contributed by atoms with Crippen LogP contribution in [0.25, 0.3) is 11.3 Å². The first-order chi connectivity index (χ1) is 12.1. The van der Waals surface area contributed by atoms with Crippen molar-refractivity contribution in [1.82, 2.24) is 5.16 Å². The highest BCUT2D eigenvalue weighted by Gasteiger charge is 2.16. The topological polar surface area (TPSA) is 72.2 Å². The Balaban J connectivity index is 1.81. The number of amides is 1. The molecule has 1 aromatic heterocycles. The molecule has 3 rings (SSSR count). The number of carbonyl (C=O) groups is 1. The lowest BCUT2D eigenvalue weighted by molar-refractivity contribution is 0.101. The van der Waals surface area contributed by atoms with Crippen LogP contribution in [-0.2, 0) is 10.8 Å². The Labute approximate surface area is 146 Å². The van der Waals surface area contributed by atoms with Crippen LogP contribution in [0.3, 0.4) is 0 Å². The monoisotopic (exact) mass is 358 g/mol. The number of hydrogen-bond acceptors (Lipinski definition) is 4. The molecule has 0 aliphatic heterocycles. The van der Waals surface area contributed by atoms with E-state index in [1.165, 1.54) is 30.3 Å². The summed E-state index contributed by atoms with van der Waals surface area (Å²) in [5, 5.41) is 6.45. The summed E-state index contributed by atoms with van der Waals surface area (Å²) in [5.41, 5.74) is 1.16. The van der Waals surface area contributed by atoms with Gasteiger partial charge in [0.25, 0.3) is 5.91 Å². The highest BCUT2D eigenvalue weighted by atomic mass is 32.2. The zero-order valence-electron chi connectivity index (χ0n) is 13.4. The summed E-state index contributed by atoms with van der Waals surface area (Å²) < 4.78 is 30.2. The van der Waals surface area contributed by atoms with Crippen LogP contribution in [0.2, 0.25) is 0 Å². The fraction of sp³-hybridized carbons (Fsp3) is 0.111. The smallest absolute Gasteiger partial charge is 0.277 e. The average Bonchev–Trinajstić information content (AvgIpc) is 3.12. The van der Waals surface area contributed by atoms with Crippen molar-refractivity contribution in [2.45, 2.75) is 11.8 Å². The molecule has 0 bridgehead atoms. The molecule has 128 valence electrons. The van der Waals surface area contributed by atoms with E-state index in [1.807, 2.05) is 0 Å². The number of aromatic nitrogens is 1. The van der Waals surface area contributed by atoms with Gasteiger partial charge in [-0.1, -0.05) is 24.2 Å². The summed E-state index contributed by atoms with van der Waals surface area (Å²) in [6.45, 7) is 1.81. The van der Waals surface area contributed by atoms with Gasteiger partial charge >= 0.3 is 0 Å². The third kappa shape index (κ3) is 3.83. The first kappa shape index (κ1) is 17.0. The number of benzene rings is 2. The summed E-state index contributed by atoms with van der Waals surface area (Å²) in [4.78, 5) is 12.9. The van der Waals surface area contributed by atoms with Crippen molar-refractivity contribution in [2.75, 3.05) is 11.1 Å². The number of halogens is 1. The Morgan fingerprint density at radius 3 is 2.64 bits per heavy atom. The maximum Gasteiger partial charge on any atom is 0.277 e. The van der Waals surface area contributed by atoms with Crippen LogP contribution in [0.1, 0.15) is 17.4 Å². The number of nitrogens with zero attached hydrogens (tertiary/aromatic N) is 1. The standard InChI is InChI=1S/C18H15FN2O3S/c1-2-25(23)17-6-4-3-5-14(17)20-18(22)15-11-16(24-21-15)12-7-9-13(19)10-8-12/h3-11H,2H2,1H3,(H,20,22). The summed E-state index contributed by atoms with van der Waals surface area (Å²) in [7, 11) is -1.20. The number of rotatable bonds is 5. The van der Waals surface area contributed by atoms with Crippen LogP contribution in [0, 0.1) is 5.82 Å². The minimum Gasteiger partial charge on any atom is -0.355 e. The molecule has 2 aromatic carbocycles. The van der Waals surface area contributed by atoms with Gasteiger partial charge < -0.3 is 9.84 Å². The molecule has 1 amide bonds. The molecule has 1 heterocycles. The maximum atomic E-state index is 13.0. The molecule has 7 heteroatoms.